The maximum absolute atomic E-state index is 3.52. The molecule has 0 aromatic rings. The van der Waals surface area contributed by atoms with E-state index in [1.165, 1.54) is 39.0 Å². The smallest absolute Gasteiger partial charge is 0.0261 e. The van der Waals surface area contributed by atoms with Crippen LogP contribution in [0.1, 0.15) is 33.6 Å². The number of likely N-dealkylation sites (tertiary alicyclic amines) is 1. The van der Waals surface area contributed by atoms with Crippen LogP contribution in [0.5, 0.6) is 0 Å². The molecule has 2 heterocycles. The summed E-state index contributed by atoms with van der Waals surface area (Å²) in [6.07, 6.45) is 2.70. The van der Waals surface area contributed by atoms with E-state index in [0.29, 0.717) is 5.41 Å². The van der Waals surface area contributed by atoms with Gasteiger partial charge in [0.25, 0.3) is 0 Å². The van der Waals surface area contributed by atoms with E-state index in [9.17, 15) is 0 Å². The predicted octanol–water partition coefficient (Wildman–Crippen LogP) is 1.72. The zero-order valence-electron chi connectivity index (χ0n) is 9.84. The van der Waals surface area contributed by atoms with Gasteiger partial charge < -0.3 is 5.32 Å². The molecular formula is C12H24N2. The second-order valence-electron chi connectivity index (χ2n) is 5.76. The van der Waals surface area contributed by atoms with Crippen LogP contribution in [0, 0.1) is 11.3 Å². The lowest BCUT2D eigenvalue weighted by molar-refractivity contribution is 0.160. The zero-order valence-corrected chi connectivity index (χ0v) is 9.84. The molecule has 0 unspecified atom stereocenters. The number of hydrogen-bond donors (Lipinski definition) is 1. The first-order valence-electron chi connectivity index (χ1n) is 6.07. The minimum absolute atomic E-state index is 0.498. The topological polar surface area (TPSA) is 15.3 Å². The highest BCUT2D eigenvalue weighted by atomic mass is 15.2. The van der Waals surface area contributed by atoms with Gasteiger partial charge in [0.15, 0.2) is 0 Å². The number of nitrogens with zero attached hydrogens (tertiary/aromatic N) is 1. The number of nitrogens with one attached hydrogen (secondary N) is 1. The van der Waals surface area contributed by atoms with E-state index in [2.05, 4.69) is 31.0 Å². The minimum Gasteiger partial charge on any atom is -0.315 e. The third-order valence-electron chi connectivity index (χ3n) is 4.15. The lowest BCUT2D eigenvalue weighted by Crippen LogP contribution is -2.40. The Morgan fingerprint density at radius 2 is 2.14 bits per heavy atom. The molecule has 2 saturated heterocycles. The van der Waals surface area contributed by atoms with Crippen molar-refractivity contribution in [2.75, 3.05) is 26.2 Å². The first-order valence-corrected chi connectivity index (χ1v) is 6.07. The third-order valence-corrected chi connectivity index (χ3v) is 4.15. The molecule has 2 nitrogen and oxygen atoms in total. The third kappa shape index (κ3) is 1.96. The Hall–Kier alpha value is -0.0800. The molecule has 2 rings (SSSR count). The average molecular weight is 196 g/mol. The van der Waals surface area contributed by atoms with Crippen LogP contribution in [-0.4, -0.2) is 37.1 Å². The maximum atomic E-state index is 3.52. The van der Waals surface area contributed by atoms with Crippen molar-refractivity contribution >= 4 is 0 Å². The summed E-state index contributed by atoms with van der Waals surface area (Å²) in [7, 11) is 0. The van der Waals surface area contributed by atoms with Gasteiger partial charge in [0.05, 0.1) is 0 Å². The first kappa shape index (κ1) is 10.4. The minimum atomic E-state index is 0.498. The van der Waals surface area contributed by atoms with Crippen molar-refractivity contribution in [3.63, 3.8) is 0 Å². The number of rotatable bonds is 3. The Bertz CT molecular complexity index is 200. The van der Waals surface area contributed by atoms with Gasteiger partial charge in [-0.15, -0.1) is 0 Å². The fourth-order valence-corrected chi connectivity index (χ4v) is 2.80. The van der Waals surface area contributed by atoms with Crippen molar-refractivity contribution in [3.05, 3.63) is 0 Å². The summed E-state index contributed by atoms with van der Waals surface area (Å²) in [6, 6.07) is 0.848. The second-order valence-corrected chi connectivity index (χ2v) is 5.76. The van der Waals surface area contributed by atoms with Gasteiger partial charge in [-0.05, 0) is 37.3 Å². The zero-order chi connectivity index (χ0) is 10.2. The Morgan fingerprint density at radius 3 is 2.86 bits per heavy atom. The molecule has 14 heavy (non-hydrogen) atoms. The average Bonchev–Trinajstić information content (AvgIpc) is 2.70. The Balaban J connectivity index is 1.93. The second kappa shape index (κ2) is 3.82. The highest BCUT2D eigenvalue weighted by Gasteiger charge is 2.38. The maximum Gasteiger partial charge on any atom is 0.0261 e. The normalized spacial score (nSPS) is 33.6. The number of fused-ring (bicyclic) bond motifs is 1. The molecule has 82 valence electrons. The fraction of sp³-hybridized carbons (Fsp3) is 1.00. The lowest BCUT2D eigenvalue weighted by Gasteiger charge is -2.32. The first-order chi connectivity index (χ1) is 6.62. The van der Waals surface area contributed by atoms with Gasteiger partial charge >= 0.3 is 0 Å². The van der Waals surface area contributed by atoms with Gasteiger partial charge in [0.1, 0.15) is 0 Å². The van der Waals surface area contributed by atoms with Gasteiger partial charge in [-0.2, -0.15) is 0 Å². The highest BCUT2D eigenvalue weighted by Crippen LogP contribution is 2.31. The van der Waals surface area contributed by atoms with E-state index >= 15 is 0 Å². The van der Waals surface area contributed by atoms with Crippen LogP contribution >= 0.6 is 0 Å². The van der Waals surface area contributed by atoms with Crippen molar-refractivity contribution in [1.29, 1.82) is 0 Å². The van der Waals surface area contributed by atoms with Gasteiger partial charge in [-0.1, -0.05) is 20.8 Å². The molecule has 0 aromatic carbocycles. The molecule has 0 radical (unpaired) electrons. The van der Waals surface area contributed by atoms with Crippen LogP contribution in [0.25, 0.3) is 0 Å². The van der Waals surface area contributed by atoms with Gasteiger partial charge in [-0.3, -0.25) is 4.90 Å². The number of hydrogen-bond acceptors (Lipinski definition) is 2. The quantitative estimate of drug-likeness (QED) is 0.739. The van der Waals surface area contributed by atoms with E-state index < -0.39 is 0 Å². The molecule has 0 amide bonds. The Kier molecular flexibility index (Phi) is 2.85. The Labute approximate surface area is 88.1 Å². The standard InChI is InChI=1S/C12H24N2/c1-4-12(2,3)9-14-6-5-10-7-13-8-11(10)14/h10-11,13H,4-9H2,1-3H3/t10-,11+/m1/s1. The van der Waals surface area contributed by atoms with E-state index in [-0.39, 0.29) is 0 Å². The monoisotopic (exact) mass is 196 g/mol. The summed E-state index contributed by atoms with van der Waals surface area (Å²) in [4.78, 5) is 2.72. The molecule has 0 bridgehead atoms. The largest absolute Gasteiger partial charge is 0.315 e. The van der Waals surface area contributed by atoms with Crippen LogP contribution in [0.4, 0.5) is 0 Å². The molecule has 2 atom stereocenters. The summed E-state index contributed by atoms with van der Waals surface area (Å²) in [5.41, 5.74) is 0.498. The lowest BCUT2D eigenvalue weighted by atomic mass is 9.89. The van der Waals surface area contributed by atoms with Crippen molar-refractivity contribution in [3.8, 4) is 0 Å². The van der Waals surface area contributed by atoms with E-state index in [1.54, 1.807) is 0 Å². The molecule has 0 spiro atoms. The molecule has 2 heteroatoms. The molecular weight excluding hydrogens is 172 g/mol. The molecule has 0 aromatic heterocycles. The van der Waals surface area contributed by atoms with Crippen LogP contribution in [0.2, 0.25) is 0 Å². The summed E-state index contributed by atoms with van der Waals surface area (Å²) in [5, 5.41) is 3.52. The van der Waals surface area contributed by atoms with E-state index in [4.69, 9.17) is 0 Å². The molecule has 1 N–H and O–H groups in total. The van der Waals surface area contributed by atoms with E-state index in [1.807, 2.05) is 0 Å². The summed E-state index contributed by atoms with van der Waals surface area (Å²) >= 11 is 0. The van der Waals surface area contributed by atoms with Crippen LogP contribution < -0.4 is 5.32 Å². The van der Waals surface area contributed by atoms with Gasteiger partial charge in [0.2, 0.25) is 0 Å². The summed E-state index contributed by atoms with van der Waals surface area (Å²) in [6.45, 7) is 12.2. The van der Waals surface area contributed by atoms with Crippen LogP contribution in [-0.2, 0) is 0 Å². The van der Waals surface area contributed by atoms with Gasteiger partial charge in [-0.25, -0.2) is 0 Å². The van der Waals surface area contributed by atoms with Crippen molar-refractivity contribution < 1.29 is 0 Å². The van der Waals surface area contributed by atoms with E-state index in [0.717, 1.165) is 12.0 Å². The van der Waals surface area contributed by atoms with Crippen LogP contribution in [0.3, 0.4) is 0 Å². The molecule has 0 aliphatic carbocycles. The summed E-state index contributed by atoms with van der Waals surface area (Å²) < 4.78 is 0. The van der Waals surface area contributed by atoms with Gasteiger partial charge in [0, 0.05) is 19.1 Å². The van der Waals surface area contributed by atoms with Crippen molar-refractivity contribution in [2.24, 2.45) is 11.3 Å². The van der Waals surface area contributed by atoms with Crippen molar-refractivity contribution in [2.45, 2.75) is 39.7 Å². The SMILES string of the molecule is CCC(C)(C)CN1CC[C@@H]2CNC[C@@H]21. The molecule has 0 saturated carbocycles. The van der Waals surface area contributed by atoms with Crippen molar-refractivity contribution in [1.82, 2.24) is 10.2 Å². The molecule has 2 aliphatic rings. The molecule has 2 fully saturated rings. The molecule has 2 aliphatic heterocycles. The predicted molar refractivity (Wildman–Crippen MR) is 60.4 cm³/mol. The fourth-order valence-electron chi connectivity index (χ4n) is 2.80. The summed E-state index contributed by atoms with van der Waals surface area (Å²) in [5.74, 6) is 0.947. The Morgan fingerprint density at radius 1 is 1.36 bits per heavy atom. The highest BCUT2D eigenvalue weighted by molar-refractivity contribution is 4.95. The van der Waals surface area contributed by atoms with Crippen LogP contribution in [0.15, 0.2) is 0 Å².